The quantitative estimate of drug-likeness (QED) is 0.258. The van der Waals surface area contributed by atoms with Gasteiger partial charge < -0.3 is 15.0 Å². The molecule has 2 atom stereocenters. The van der Waals surface area contributed by atoms with Gasteiger partial charge in [-0.15, -0.1) is 0 Å². The molecule has 3 rings (SSSR count). The first-order chi connectivity index (χ1) is 19.5. The summed E-state index contributed by atoms with van der Waals surface area (Å²) in [5.74, 6) is -0.225. The Morgan fingerprint density at radius 2 is 1.63 bits per heavy atom. The number of nitrogens with one attached hydrogen (secondary N) is 1. The third-order valence-corrected chi connectivity index (χ3v) is 9.04. The van der Waals surface area contributed by atoms with E-state index in [1.807, 2.05) is 52.0 Å². The predicted molar refractivity (Wildman–Crippen MR) is 165 cm³/mol. The molecule has 1 N–H and O–H groups in total. The van der Waals surface area contributed by atoms with Crippen LogP contribution >= 0.6 is 15.9 Å². The van der Waals surface area contributed by atoms with E-state index in [4.69, 9.17) is 4.74 Å². The molecule has 0 heterocycles. The lowest BCUT2D eigenvalue weighted by Crippen LogP contribution is -2.52. The highest BCUT2D eigenvalue weighted by Gasteiger charge is 2.32. The third kappa shape index (κ3) is 8.56. The van der Waals surface area contributed by atoms with Crippen molar-refractivity contribution in [2.24, 2.45) is 0 Å². The molecule has 0 saturated carbocycles. The van der Waals surface area contributed by atoms with E-state index in [9.17, 15) is 18.0 Å². The van der Waals surface area contributed by atoms with Gasteiger partial charge in [-0.1, -0.05) is 52.7 Å². The fourth-order valence-electron chi connectivity index (χ4n) is 4.19. The lowest BCUT2D eigenvalue weighted by atomic mass is 10.1. The maximum absolute atomic E-state index is 14.0. The molecule has 0 radical (unpaired) electrons. The maximum Gasteiger partial charge on any atom is 0.264 e. The van der Waals surface area contributed by atoms with Crippen LogP contribution in [0.3, 0.4) is 0 Å². The molecular formula is C31H38BrN3O5S. The van der Waals surface area contributed by atoms with Crippen molar-refractivity contribution in [3.8, 4) is 5.75 Å². The second kappa shape index (κ2) is 14.5. The number of anilines is 1. The van der Waals surface area contributed by atoms with Gasteiger partial charge in [-0.3, -0.25) is 13.9 Å². The Hall–Kier alpha value is -3.37. The van der Waals surface area contributed by atoms with Crippen molar-refractivity contribution in [1.29, 1.82) is 0 Å². The number of sulfonamides is 1. The van der Waals surface area contributed by atoms with Crippen molar-refractivity contribution in [2.45, 2.75) is 64.6 Å². The van der Waals surface area contributed by atoms with E-state index in [0.717, 1.165) is 26.3 Å². The van der Waals surface area contributed by atoms with Crippen LogP contribution in [0.15, 0.2) is 82.2 Å². The zero-order chi connectivity index (χ0) is 30.2. The largest absolute Gasteiger partial charge is 0.494 e. The third-order valence-electron chi connectivity index (χ3n) is 6.72. The highest BCUT2D eigenvalue weighted by molar-refractivity contribution is 9.10. The van der Waals surface area contributed by atoms with Gasteiger partial charge in [0.2, 0.25) is 11.8 Å². The Kier molecular flexibility index (Phi) is 11.4. The van der Waals surface area contributed by atoms with Gasteiger partial charge in [0, 0.05) is 17.1 Å². The van der Waals surface area contributed by atoms with E-state index in [1.54, 1.807) is 43.3 Å². The topological polar surface area (TPSA) is 96.0 Å². The normalized spacial score (nSPS) is 12.7. The number of aryl methyl sites for hydroxylation is 1. The van der Waals surface area contributed by atoms with Crippen molar-refractivity contribution in [3.05, 3.63) is 88.4 Å². The van der Waals surface area contributed by atoms with Crippen LogP contribution in [-0.2, 0) is 26.2 Å². The van der Waals surface area contributed by atoms with Crippen LogP contribution in [0.2, 0.25) is 0 Å². The first kappa shape index (κ1) is 32.1. The number of rotatable bonds is 13. The Morgan fingerprint density at radius 3 is 2.22 bits per heavy atom. The van der Waals surface area contributed by atoms with Crippen LogP contribution in [0.5, 0.6) is 5.75 Å². The minimum absolute atomic E-state index is 0.0372. The number of nitrogens with zero attached hydrogens (tertiary/aromatic N) is 2. The average Bonchev–Trinajstić information content (AvgIpc) is 2.95. The number of benzene rings is 3. The molecule has 0 unspecified atom stereocenters. The van der Waals surface area contributed by atoms with Gasteiger partial charge in [-0.2, -0.15) is 0 Å². The number of hydrogen-bond acceptors (Lipinski definition) is 5. The van der Waals surface area contributed by atoms with Crippen molar-refractivity contribution >= 4 is 43.5 Å². The van der Waals surface area contributed by atoms with E-state index in [0.29, 0.717) is 18.0 Å². The summed E-state index contributed by atoms with van der Waals surface area (Å²) in [6.45, 7) is 9.44. The maximum atomic E-state index is 14.0. The number of hydrogen-bond donors (Lipinski definition) is 1. The summed E-state index contributed by atoms with van der Waals surface area (Å²) in [5.41, 5.74) is 2.15. The van der Waals surface area contributed by atoms with E-state index >= 15 is 0 Å². The molecular weight excluding hydrogens is 606 g/mol. The predicted octanol–water partition coefficient (Wildman–Crippen LogP) is 5.68. The highest BCUT2D eigenvalue weighted by Crippen LogP contribution is 2.27. The average molecular weight is 645 g/mol. The lowest BCUT2D eigenvalue weighted by molar-refractivity contribution is -0.139. The van der Waals surface area contributed by atoms with E-state index in [2.05, 4.69) is 21.2 Å². The van der Waals surface area contributed by atoms with Crippen LogP contribution in [0.1, 0.15) is 45.2 Å². The summed E-state index contributed by atoms with van der Waals surface area (Å²) in [6, 6.07) is 19.6. The summed E-state index contributed by atoms with van der Waals surface area (Å²) >= 11 is 3.34. The molecule has 8 nitrogen and oxygen atoms in total. The van der Waals surface area contributed by atoms with Crippen LogP contribution < -0.4 is 14.4 Å². The van der Waals surface area contributed by atoms with Crippen molar-refractivity contribution < 1.29 is 22.7 Å². The number of ether oxygens (including phenoxy) is 1. The monoisotopic (exact) mass is 643 g/mol. The smallest absolute Gasteiger partial charge is 0.264 e. The van der Waals surface area contributed by atoms with E-state index in [-0.39, 0.29) is 23.4 Å². The number of carbonyl (C=O) groups excluding carboxylic acids is 2. The van der Waals surface area contributed by atoms with Crippen molar-refractivity contribution in [1.82, 2.24) is 10.2 Å². The van der Waals surface area contributed by atoms with E-state index in [1.165, 1.54) is 17.0 Å². The van der Waals surface area contributed by atoms with Crippen molar-refractivity contribution in [2.75, 3.05) is 17.5 Å². The van der Waals surface area contributed by atoms with E-state index < -0.39 is 28.5 Å². The molecule has 220 valence electrons. The summed E-state index contributed by atoms with van der Waals surface area (Å²) < 4.78 is 35.2. The van der Waals surface area contributed by atoms with Gasteiger partial charge in [0.25, 0.3) is 10.0 Å². The zero-order valence-corrected chi connectivity index (χ0v) is 26.5. The molecule has 3 aromatic rings. The second-order valence-corrected chi connectivity index (χ2v) is 12.7. The van der Waals surface area contributed by atoms with Gasteiger partial charge >= 0.3 is 0 Å². The Morgan fingerprint density at radius 1 is 0.976 bits per heavy atom. The molecule has 0 aliphatic carbocycles. The standard InChI is InChI=1S/C31H38BrN3O5S/c1-6-23(4)33-31(37)24(5)34(20-25-10-8-9-22(3)19-25)30(36)21-35(27-13-15-28(16-14-27)40-7-2)41(38,39)29-17-11-26(32)12-18-29/h8-19,23-24H,6-7,20-21H2,1-5H3,(H,33,37)/t23-,24+/m1/s1. The highest BCUT2D eigenvalue weighted by atomic mass is 79.9. The molecule has 0 fully saturated rings. The number of carbonyl (C=O) groups is 2. The Labute approximate surface area is 251 Å². The molecule has 2 amide bonds. The first-order valence-electron chi connectivity index (χ1n) is 13.6. The molecule has 0 aliphatic rings. The number of amides is 2. The fourth-order valence-corrected chi connectivity index (χ4v) is 5.87. The fraction of sp³-hybridized carbons (Fsp3) is 0.355. The molecule has 10 heteroatoms. The molecule has 0 spiro atoms. The zero-order valence-electron chi connectivity index (χ0n) is 24.1. The summed E-state index contributed by atoms with van der Waals surface area (Å²) in [7, 11) is -4.15. The van der Waals surface area contributed by atoms with Crippen LogP contribution in [-0.4, -0.2) is 50.4 Å². The second-order valence-electron chi connectivity index (χ2n) is 9.90. The van der Waals surface area contributed by atoms with Crippen LogP contribution in [0.25, 0.3) is 0 Å². The summed E-state index contributed by atoms with van der Waals surface area (Å²) in [5, 5.41) is 2.94. The summed E-state index contributed by atoms with van der Waals surface area (Å²) in [6.07, 6.45) is 0.737. The van der Waals surface area contributed by atoms with Gasteiger partial charge in [0.05, 0.1) is 17.2 Å². The Balaban J connectivity index is 2.03. The first-order valence-corrected chi connectivity index (χ1v) is 15.9. The molecule has 0 bridgehead atoms. The SMILES string of the molecule is CCOc1ccc(N(CC(=O)N(Cc2cccc(C)c2)[C@@H](C)C(=O)N[C@H](C)CC)S(=O)(=O)c2ccc(Br)cc2)cc1. The molecule has 0 saturated heterocycles. The minimum Gasteiger partial charge on any atom is -0.494 e. The molecule has 0 aliphatic heterocycles. The summed E-state index contributed by atoms with van der Waals surface area (Å²) in [4.78, 5) is 28.7. The van der Waals surface area contributed by atoms with Crippen molar-refractivity contribution in [3.63, 3.8) is 0 Å². The Bertz CT molecular complexity index is 1430. The van der Waals surface area contributed by atoms with Gasteiger partial charge in [-0.05, 0) is 88.2 Å². The molecule has 0 aromatic heterocycles. The lowest BCUT2D eigenvalue weighted by Gasteiger charge is -2.32. The minimum atomic E-state index is -4.15. The van der Waals surface area contributed by atoms with Gasteiger partial charge in [-0.25, -0.2) is 8.42 Å². The molecule has 3 aromatic carbocycles. The van der Waals surface area contributed by atoms with Gasteiger partial charge in [0.15, 0.2) is 0 Å². The van der Waals surface area contributed by atoms with Gasteiger partial charge in [0.1, 0.15) is 18.3 Å². The number of halogens is 1. The van der Waals surface area contributed by atoms with Crippen LogP contribution in [0, 0.1) is 6.92 Å². The molecule has 41 heavy (non-hydrogen) atoms. The van der Waals surface area contributed by atoms with Crippen LogP contribution in [0.4, 0.5) is 5.69 Å².